The molecule has 0 fully saturated rings. The van der Waals surface area contributed by atoms with Gasteiger partial charge < -0.3 is 5.32 Å². The van der Waals surface area contributed by atoms with Gasteiger partial charge in [-0.1, -0.05) is 24.3 Å². The van der Waals surface area contributed by atoms with Crippen LogP contribution in [0.3, 0.4) is 0 Å². The molecular weight excluding hydrogens is 212 g/mol. The molecule has 0 saturated carbocycles. The summed E-state index contributed by atoms with van der Waals surface area (Å²) in [6.45, 7) is 1.04. The van der Waals surface area contributed by atoms with Crippen LogP contribution in [0.4, 0.5) is 0 Å². The molecule has 2 aromatic rings. The van der Waals surface area contributed by atoms with Crippen molar-refractivity contribution in [3.8, 4) is 0 Å². The molecule has 17 heavy (non-hydrogen) atoms. The molecule has 2 heterocycles. The molecular formula is C13H16N4. The highest BCUT2D eigenvalue weighted by Gasteiger charge is 2.20. The van der Waals surface area contributed by atoms with Crippen LogP contribution in [0.5, 0.6) is 0 Å². The van der Waals surface area contributed by atoms with Crippen molar-refractivity contribution in [2.45, 2.75) is 18.9 Å². The molecule has 88 valence electrons. The van der Waals surface area contributed by atoms with E-state index in [1.807, 2.05) is 11.7 Å². The monoisotopic (exact) mass is 228 g/mol. The molecule has 0 aliphatic carbocycles. The molecule has 3 rings (SSSR count). The number of hydrogen-bond donors (Lipinski definition) is 1. The minimum atomic E-state index is 0.364. The first-order valence-corrected chi connectivity index (χ1v) is 5.98. The zero-order valence-corrected chi connectivity index (χ0v) is 9.93. The van der Waals surface area contributed by atoms with E-state index >= 15 is 0 Å². The van der Waals surface area contributed by atoms with Crippen LogP contribution in [0.15, 0.2) is 30.6 Å². The summed E-state index contributed by atoms with van der Waals surface area (Å²) in [5, 5.41) is 7.68. The van der Waals surface area contributed by atoms with Crippen molar-refractivity contribution in [1.82, 2.24) is 20.1 Å². The predicted octanol–water partition coefficient (Wildman–Crippen LogP) is 1.24. The molecule has 0 saturated heterocycles. The number of nitrogens with one attached hydrogen (secondary N) is 1. The van der Waals surface area contributed by atoms with E-state index in [-0.39, 0.29) is 0 Å². The maximum absolute atomic E-state index is 4.29. The highest BCUT2D eigenvalue weighted by atomic mass is 15.3. The minimum absolute atomic E-state index is 0.364. The fraction of sp³-hybridized carbons (Fsp3) is 0.385. The molecule has 1 aliphatic heterocycles. The number of rotatable bonds is 2. The molecule has 1 aromatic heterocycles. The average molecular weight is 228 g/mol. The van der Waals surface area contributed by atoms with Gasteiger partial charge in [0, 0.05) is 19.5 Å². The highest BCUT2D eigenvalue weighted by molar-refractivity contribution is 5.32. The number of benzene rings is 1. The second kappa shape index (κ2) is 4.30. The molecule has 1 atom stereocenters. The van der Waals surface area contributed by atoms with Crippen molar-refractivity contribution in [3.63, 3.8) is 0 Å². The number of fused-ring (bicyclic) bond motifs is 1. The SMILES string of the molecule is Cn1ncnc1CC1NCCc2ccccc21. The number of nitrogens with zero attached hydrogens (tertiary/aromatic N) is 3. The summed E-state index contributed by atoms with van der Waals surface area (Å²) in [5.41, 5.74) is 2.86. The Hall–Kier alpha value is -1.68. The fourth-order valence-corrected chi connectivity index (χ4v) is 2.46. The lowest BCUT2D eigenvalue weighted by Gasteiger charge is -2.26. The summed E-state index contributed by atoms with van der Waals surface area (Å²) in [6.07, 6.45) is 3.63. The maximum atomic E-state index is 4.29. The number of hydrogen-bond acceptors (Lipinski definition) is 3. The van der Waals surface area contributed by atoms with E-state index in [1.54, 1.807) is 6.33 Å². The van der Waals surface area contributed by atoms with Gasteiger partial charge in [-0.25, -0.2) is 4.98 Å². The van der Waals surface area contributed by atoms with E-state index in [0.29, 0.717) is 6.04 Å². The maximum Gasteiger partial charge on any atom is 0.138 e. The smallest absolute Gasteiger partial charge is 0.138 e. The molecule has 0 spiro atoms. The van der Waals surface area contributed by atoms with Gasteiger partial charge in [-0.15, -0.1) is 0 Å². The normalized spacial score (nSPS) is 19.0. The average Bonchev–Trinajstić information content (AvgIpc) is 2.76. The van der Waals surface area contributed by atoms with Gasteiger partial charge >= 0.3 is 0 Å². The van der Waals surface area contributed by atoms with Gasteiger partial charge in [0.05, 0.1) is 0 Å². The first-order valence-electron chi connectivity index (χ1n) is 5.98. The highest BCUT2D eigenvalue weighted by Crippen LogP contribution is 2.24. The van der Waals surface area contributed by atoms with Gasteiger partial charge in [0.1, 0.15) is 12.2 Å². The lowest BCUT2D eigenvalue weighted by Crippen LogP contribution is -2.31. The van der Waals surface area contributed by atoms with E-state index in [4.69, 9.17) is 0 Å². The Morgan fingerprint density at radius 1 is 1.41 bits per heavy atom. The van der Waals surface area contributed by atoms with Crippen molar-refractivity contribution in [2.75, 3.05) is 6.54 Å². The zero-order valence-electron chi connectivity index (χ0n) is 9.93. The Morgan fingerprint density at radius 3 is 3.12 bits per heavy atom. The summed E-state index contributed by atoms with van der Waals surface area (Å²) in [5.74, 6) is 1.03. The largest absolute Gasteiger partial charge is 0.309 e. The van der Waals surface area contributed by atoms with Crippen molar-refractivity contribution in [3.05, 3.63) is 47.5 Å². The van der Waals surface area contributed by atoms with Crippen LogP contribution in [0.2, 0.25) is 0 Å². The quantitative estimate of drug-likeness (QED) is 0.841. The van der Waals surface area contributed by atoms with Crippen molar-refractivity contribution >= 4 is 0 Å². The lowest BCUT2D eigenvalue weighted by atomic mass is 9.92. The van der Waals surface area contributed by atoms with Gasteiger partial charge in [0.2, 0.25) is 0 Å². The third kappa shape index (κ3) is 1.96. The summed E-state index contributed by atoms with van der Waals surface area (Å²) in [4.78, 5) is 4.29. The molecule has 1 unspecified atom stereocenters. The Kier molecular flexibility index (Phi) is 2.65. The Balaban J connectivity index is 1.88. The third-order valence-corrected chi connectivity index (χ3v) is 3.41. The van der Waals surface area contributed by atoms with E-state index in [2.05, 4.69) is 39.7 Å². The molecule has 1 N–H and O–H groups in total. The molecule has 0 amide bonds. The zero-order chi connectivity index (χ0) is 11.7. The Morgan fingerprint density at radius 2 is 2.29 bits per heavy atom. The van der Waals surface area contributed by atoms with Crippen LogP contribution in [0, 0.1) is 0 Å². The second-order valence-electron chi connectivity index (χ2n) is 4.46. The predicted molar refractivity (Wildman–Crippen MR) is 65.6 cm³/mol. The molecule has 4 nitrogen and oxygen atoms in total. The van der Waals surface area contributed by atoms with Crippen molar-refractivity contribution in [1.29, 1.82) is 0 Å². The molecule has 0 bridgehead atoms. The molecule has 1 aromatic carbocycles. The van der Waals surface area contributed by atoms with Crippen LogP contribution in [-0.2, 0) is 19.9 Å². The van der Waals surface area contributed by atoms with Crippen LogP contribution in [0.25, 0.3) is 0 Å². The second-order valence-corrected chi connectivity index (χ2v) is 4.46. The van der Waals surface area contributed by atoms with Gasteiger partial charge in [-0.2, -0.15) is 5.10 Å². The summed E-state index contributed by atoms with van der Waals surface area (Å²) < 4.78 is 1.85. The van der Waals surface area contributed by atoms with Gasteiger partial charge in [-0.05, 0) is 24.1 Å². The van der Waals surface area contributed by atoms with E-state index in [0.717, 1.165) is 25.2 Å². The van der Waals surface area contributed by atoms with Crippen LogP contribution in [-0.4, -0.2) is 21.3 Å². The standard InChI is InChI=1S/C13H16N4/c1-17-13(15-9-16-17)8-12-11-5-3-2-4-10(11)6-7-14-12/h2-5,9,12,14H,6-8H2,1H3. The summed E-state index contributed by atoms with van der Waals surface area (Å²) in [7, 11) is 1.94. The van der Waals surface area contributed by atoms with E-state index < -0.39 is 0 Å². The Bertz CT molecular complexity index is 518. The minimum Gasteiger partial charge on any atom is -0.309 e. The van der Waals surface area contributed by atoms with Gasteiger partial charge in [0.15, 0.2) is 0 Å². The number of aryl methyl sites for hydroxylation is 1. The fourth-order valence-electron chi connectivity index (χ4n) is 2.46. The van der Waals surface area contributed by atoms with E-state index in [9.17, 15) is 0 Å². The first-order chi connectivity index (χ1) is 8.34. The molecule has 4 heteroatoms. The Labute approximate surface area is 101 Å². The summed E-state index contributed by atoms with van der Waals surface area (Å²) in [6, 6.07) is 9.02. The van der Waals surface area contributed by atoms with Crippen LogP contribution in [0.1, 0.15) is 23.0 Å². The van der Waals surface area contributed by atoms with Crippen molar-refractivity contribution < 1.29 is 0 Å². The summed E-state index contributed by atoms with van der Waals surface area (Å²) >= 11 is 0. The lowest BCUT2D eigenvalue weighted by molar-refractivity contribution is 0.483. The topological polar surface area (TPSA) is 42.7 Å². The van der Waals surface area contributed by atoms with Gasteiger partial charge in [-0.3, -0.25) is 4.68 Å². The first kappa shape index (κ1) is 10.5. The van der Waals surface area contributed by atoms with Gasteiger partial charge in [0.25, 0.3) is 0 Å². The molecule has 1 aliphatic rings. The van der Waals surface area contributed by atoms with E-state index in [1.165, 1.54) is 11.1 Å². The van der Waals surface area contributed by atoms with Crippen molar-refractivity contribution in [2.24, 2.45) is 7.05 Å². The number of aromatic nitrogens is 3. The third-order valence-electron chi connectivity index (χ3n) is 3.41. The molecule has 0 radical (unpaired) electrons. The van der Waals surface area contributed by atoms with Crippen LogP contribution >= 0.6 is 0 Å². The van der Waals surface area contributed by atoms with Crippen LogP contribution < -0.4 is 5.32 Å².